The summed E-state index contributed by atoms with van der Waals surface area (Å²) < 4.78 is 28.0. The van der Waals surface area contributed by atoms with Crippen LogP contribution in [0.5, 0.6) is 0 Å². The maximum absolute atomic E-state index is 14.0. The lowest BCUT2D eigenvalue weighted by atomic mass is 9.81. The zero-order chi connectivity index (χ0) is 26.3. The van der Waals surface area contributed by atoms with Crippen LogP contribution in [0, 0.1) is 28.4 Å². The topological polar surface area (TPSA) is 97.1 Å². The van der Waals surface area contributed by atoms with Crippen LogP contribution < -0.4 is 16.4 Å². The van der Waals surface area contributed by atoms with Crippen molar-refractivity contribution in [1.82, 2.24) is 10.3 Å². The van der Waals surface area contributed by atoms with Crippen molar-refractivity contribution in [3.05, 3.63) is 70.1 Å². The largest absolute Gasteiger partial charge is 0.382 e. The molecular formula is C27H32Cl2F2N4O2S. The summed E-state index contributed by atoms with van der Waals surface area (Å²) in [6.45, 7) is 9.70. The molecule has 1 aromatic heterocycles. The number of amides is 1. The maximum atomic E-state index is 14.0. The van der Waals surface area contributed by atoms with Crippen molar-refractivity contribution in [3.8, 4) is 0 Å². The van der Waals surface area contributed by atoms with Gasteiger partial charge in [0.2, 0.25) is 5.78 Å². The average Bonchev–Trinajstić information content (AvgIpc) is 3.25. The third-order valence-corrected chi connectivity index (χ3v) is 7.78. The smallest absolute Gasteiger partial charge is 0.251 e. The minimum atomic E-state index is -0.962. The number of aromatic nitrogens is 1. The van der Waals surface area contributed by atoms with E-state index in [1.165, 1.54) is 6.07 Å². The van der Waals surface area contributed by atoms with Crippen molar-refractivity contribution in [1.29, 1.82) is 0 Å². The monoisotopic (exact) mass is 584 g/mol. The van der Waals surface area contributed by atoms with Gasteiger partial charge in [0, 0.05) is 17.8 Å². The Balaban J connectivity index is 0.00000253. The van der Waals surface area contributed by atoms with Crippen molar-refractivity contribution in [3.63, 3.8) is 0 Å². The molecular weight excluding hydrogens is 553 g/mol. The zero-order valence-electron chi connectivity index (χ0n) is 21.6. The summed E-state index contributed by atoms with van der Waals surface area (Å²) in [5.41, 5.74) is 6.80. The molecule has 0 spiro atoms. The Morgan fingerprint density at radius 2 is 1.66 bits per heavy atom. The van der Waals surface area contributed by atoms with Gasteiger partial charge < -0.3 is 16.4 Å². The molecule has 3 aromatic rings. The molecule has 38 heavy (non-hydrogen) atoms. The highest BCUT2D eigenvalue weighted by atomic mass is 35.5. The van der Waals surface area contributed by atoms with Crippen molar-refractivity contribution in [2.45, 2.75) is 40.5 Å². The van der Waals surface area contributed by atoms with Crippen molar-refractivity contribution >= 4 is 64.5 Å². The fraction of sp³-hybridized carbons (Fsp3) is 0.370. The van der Waals surface area contributed by atoms with Gasteiger partial charge in [-0.1, -0.05) is 45.1 Å². The molecule has 1 unspecified atom stereocenters. The van der Waals surface area contributed by atoms with Crippen LogP contribution in [-0.2, 0) is 0 Å². The minimum absolute atomic E-state index is 0. The Bertz CT molecular complexity index is 1290. The van der Waals surface area contributed by atoms with Gasteiger partial charge in [-0.2, -0.15) is 0 Å². The van der Waals surface area contributed by atoms with E-state index in [1.807, 2.05) is 0 Å². The predicted octanol–water partition coefficient (Wildman–Crippen LogP) is 7.01. The maximum Gasteiger partial charge on any atom is 0.251 e. The summed E-state index contributed by atoms with van der Waals surface area (Å²) in [4.78, 5) is 29.4. The van der Waals surface area contributed by atoms with Crippen LogP contribution >= 0.6 is 36.2 Å². The van der Waals surface area contributed by atoms with Crippen LogP contribution in [-0.4, -0.2) is 23.2 Å². The van der Waals surface area contributed by atoms with E-state index < -0.39 is 23.0 Å². The molecule has 1 aliphatic rings. The fourth-order valence-electron chi connectivity index (χ4n) is 5.26. The number of nitrogens with two attached hydrogens (primary N) is 1. The summed E-state index contributed by atoms with van der Waals surface area (Å²) in [5.74, 6) is -2.63. The highest BCUT2D eigenvalue weighted by Gasteiger charge is 2.44. The predicted molar refractivity (Wildman–Crippen MR) is 153 cm³/mol. The highest BCUT2D eigenvalue weighted by Crippen LogP contribution is 2.52. The molecule has 0 saturated heterocycles. The first-order valence-corrected chi connectivity index (χ1v) is 12.6. The second-order valence-electron chi connectivity index (χ2n) is 10.8. The quantitative estimate of drug-likeness (QED) is 0.259. The lowest BCUT2D eigenvalue weighted by Gasteiger charge is -2.27. The number of hydrogen-bond donors (Lipinski definition) is 3. The van der Waals surface area contributed by atoms with E-state index in [9.17, 15) is 18.4 Å². The second-order valence-corrected chi connectivity index (χ2v) is 11.8. The number of carbonyl (C=O) groups is 2. The van der Waals surface area contributed by atoms with Gasteiger partial charge >= 0.3 is 0 Å². The number of carbonyl (C=O) groups excluding carboxylic acids is 2. The number of ketones is 1. The molecule has 1 amide bonds. The fourth-order valence-corrected chi connectivity index (χ4v) is 6.12. The van der Waals surface area contributed by atoms with E-state index >= 15 is 0 Å². The Hall–Kier alpha value is -2.75. The first kappa shape index (κ1) is 31.5. The van der Waals surface area contributed by atoms with Crippen LogP contribution in [0.1, 0.15) is 66.1 Å². The van der Waals surface area contributed by atoms with Crippen LogP contribution in [0.15, 0.2) is 42.5 Å². The molecule has 2 aromatic carbocycles. The van der Waals surface area contributed by atoms with Gasteiger partial charge in [0.25, 0.3) is 5.91 Å². The van der Waals surface area contributed by atoms with Gasteiger partial charge in [0.05, 0.1) is 5.56 Å². The molecule has 0 bridgehead atoms. The Labute approximate surface area is 237 Å². The standard InChI is InChI=1S/C27H30F2N4O2S.2ClH/c1-26(2)12-16(27(3,4)14-26)13-31-24(35)15-8-10-17(11-9-15)32-25-33-23(30)22(36-25)21(34)20-18(28)6-5-7-19(20)29;;/h5-11,16H,12-14,30H2,1-4H3,(H,31,35)(H,32,33);2*1H. The van der Waals surface area contributed by atoms with Crippen LogP contribution in [0.2, 0.25) is 0 Å². The molecule has 1 fully saturated rings. The van der Waals surface area contributed by atoms with E-state index in [0.29, 0.717) is 23.7 Å². The van der Waals surface area contributed by atoms with Gasteiger partial charge in [0.1, 0.15) is 22.3 Å². The molecule has 1 saturated carbocycles. The second kappa shape index (κ2) is 12.0. The molecule has 11 heteroatoms. The Morgan fingerprint density at radius 3 is 2.21 bits per heavy atom. The van der Waals surface area contributed by atoms with Crippen molar-refractivity contribution in [2.24, 2.45) is 16.7 Å². The lowest BCUT2D eigenvalue weighted by molar-refractivity contribution is 0.0936. The molecule has 1 heterocycles. The highest BCUT2D eigenvalue weighted by molar-refractivity contribution is 7.18. The summed E-state index contributed by atoms with van der Waals surface area (Å²) >= 11 is 0.898. The first-order chi connectivity index (χ1) is 16.9. The van der Waals surface area contributed by atoms with E-state index in [-0.39, 0.29) is 57.4 Å². The Morgan fingerprint density at radius 1 is 1.05 bits per heavy atom. The van der Waals surface area contributed by atoms with Crippen LogP contribution in [0.25, 0.3) is 0 Å². The van der Waals surface area contributed by atoms with Crippen molar-refractivity contribution < 1.29 is 18.4 Å². The van der Waals surface area contributed by atoms with Gasteiger partial charge in [-0.15, -0.1) is 24.8 Å². The van der Waals surface area contributed by atoms with E-state index in [0.717, 1.165) is 36.3 Å². The molecule has 1 atom stereocenters. The number of thiazole rings is 1. The summed E-state index contributed by atoms with van der Waals surface area (Å²) in [5, 5.41) is 6.37. The number of hydrogen-bond acceptors (Lipinski definition) is 6. The molecule has 1 aliphatic carbocycles. The number of nitrogen functional groups attached to an aromatic ring is 1. The van der Waals surface area contributed by atoms with E-state index in [1.54, 1.807) is 24.3 Å². The third kappa shape index (κ3) is 6.81. The van der Waals surface area contributed by atoms with E-state index in [4.69, 9.17) is 5.73 Å². The van der Waals surface area contributed by atoms with E-state index in [2.05, 4.69) is 43.3 Å². The number of benzene rings is 2. The number of nitrogens with one attached hydrogen (secondary N) is 2. The Kier molecular flexibility index (Phi) is 9.91. The molecule has 4 rings (SSSR count). The molecule has 6 nitrogen and oxygen atoms in total. The molecule has 206 valence electrons. The van der Waals surface area contributed by atoms with Crippen LogP contribution in [0.4, 0.5) is 25.4 Å². The number of rotatable bonds is 7. The summed E-state index contributed by atoms with van der Waals surface area (Å²) in [6.07, 6.45) is 2.21. The first-order valence-electron chi connectivity index (χ1n) is 11.8. The number of nitrogens with zero attached hydrogens (tertiary/aromatic N) is 1. The third-order valence-electron chi connectivity index (χ3n) is 6.80. The van der Waals surface area contributed by atoms with Gasteiger partial charge in [-0.3, -0.25) is 9.59 Å². The van der Waals surface area contributed by atoms with Gasteiger partial charge in [-0.05, 0) is 66.0 Å². The number of halogens is 4. The normalized spacial score (nSPS) is 17.2. The lowest BCUT2D eigenvalue weighted by Crippen LogP contribution is -2.33. The molecule has 0 radical (unpaired) electrons. The zero-order valence-corrected chi connectivity index (χ0v) is 24.0. The average molecular weight is 586 g/mol. The van der Waals surface area contributed by atoms with Crippen LogP contribution in [0.3, 0.4) is 0 Å². The SMILES string of the molecule is CC1(C)CC(CNC(=O)c2ccc(Nc3nc(N)c(C(=O)c4c(F)cccc4F)s3)cc2)C(C)(C)C1.Cl.Cl. The van der Waals surface area contributed by atoms with Crippen molar-refractivity contribution in [2.75, 3.05) is 17.6 Å². The minimum Gasteiger partial charge on any atom is -0.382 e. The summed E-state index contributed by atoms with van der Waals surface area (Å²) in [6, 6.07) is 10.0. The summed E-state index contributed by atoms with van der Waals surface area (Å²) in [7, 11) is 0. The molecule has 4 N–H and O–H groups in total. The molecule has 0 aliphatic heterocycles. The van der Waals surface area contributed by atoms with Gasteiger partial charge in [-0.25, -0.2) is 13.8 Å². The number of anilines is 3. The van der Waals surface area contributed by atoms with Gasteiger partial charge in [0.15, 0.2) is 5.13 Å².